The predicted octanol–water partition coefficient (Wildman–Crippen LogP) is 2.31. The Bertz CT molecular complexity index is 897. The van der Waals surface area contributed by atoms with E-state index in [1.165, 1.54) is 20.8 Å². The maximum Gasteiger partial charge on any atom is 0.471 e. The standard InChI is InChI=1S/C24H38F3N5O4/c1-21(2,3)11-15(30-19(35)16(22(4,5)6)31-20(36)24(25,26)27)18(34)29-14(12-28)9-13-10-23(7,8)32-17(13)33/h13-16H,9-11H2,1-8H3,(H,29,34)(H,30,35)(H,31,36)(H,32,33). The van der Waals surface area contributed by atoms with Crippen LogP contribution in [0.5, 0.6) is 0 Å². The Hall–Kier alpha value is -2.84. The Morgan fingerprint density at radius 3 is 2.00 bits per heavy atom. The van der Waals surface area contributed by atoms with E-state index in [9.17, 15) is 37.6 Å². The van der Waals surface area contributed by atoms with Crippen molar-refractivity contribution in [3.8, 4) is 6.07 Å². The largest absolute Gasteiger partial charge is 0.471 e. The van der Waals surface area contributed by atoms with Crippen LogP contribution >= 0.6 is 0 Å². The lowest BCUT2D eigenvalue weighted by molar-refractivity contribution is -0.175. The summed E-state index contributed by atoms with van der Waals surface area (Å²) in [6, 6.07) is -1.85. The van der Waals surface area contributed by atoms with Crippen LogP contribution in [0, 0.1) is 28.1 Å². The Morgan fingerprint density at radius 1 is 1.06 bits per heavy atom. The molecule has 4 atom stereocenters. The van der Waals surface area contributed by atoms with Gasteiger partial charge < -0.3 is 21.3 Å². The summed E-state index contributed by atoms with van der Waals surface area (Å²) in [5.74, 6) is -4.64. The number of nitrogens with one attached hydrogen (secondary N) is 4. The van der Waals surface area contributed by atoms with E-state index in [1.54, 1.807) is 26.1 Å². The second kappa shape index (κ2) is 11.0. The first-order valence-corrected chi connectivity index (χ1v) is 11.8. The van der Waals surface area contributed by atoms with E-state index in [2.05, 4.69) is 16.0 Å². The lowest BCUT2D eigenvalue weighted by atomic mass is 9.84. The van der Waals surface area contributed by atoms with Crippen LogP contribution in [0.4, 0.5) is 13.2 Å². The Kier molecular flexibility index (Phi) is 9.57. The highest BCUT2D eigenvalue weighted by Crippen LogP contribution is 2.28. The number of halogens is 3. The molecule has 0 saturated carbocycles. The van der Waals surface area contributed by atoms with Crippen LogP contribution in [-0.2, 0) is 19.2 Å². The fraction of sp³-hybridized carbons (Fsp3) is 0.792. The normalized spacial score (nSPS) is 20.4. The monoisotopic (exact) mass is 517 g/mol. The van der Waals surface area contributed by atoms with E-state index < -0.39 is 64.3 Å². The van der Waals surface area contributed by atoms with Gasteiger partial charge in [-0.1, -0.05) is 41.5 Å². The molecule has 0 radical (unpaired) electrons. The van der Waals surface area contributed by atoms with Crippen molar-refractivity contribution in [1.82, 2.24) is 21.3 Å². The molecule has 0 aromatic heterocycles. The van der Waals surface area contributed by atoms with Gasteiger partial charge in [0.25, 0.3) is 0 Å². The van der Waals surface area contributed by atoms with Crippen LogP contribution in [-0.4, -0.2) is 53.5 Å². The topological polar surface area (TPSA) is 140 Å². The molecule has 1 fully saturated rings. The zero-order valence-electron chi connectivity index (χ0n) is 22.1. The molecule has 12 heteroatoms. The minimum Gasteiger partial charge on any atom is -0.351 e. The average Bonchev–Trinajstić information content (AvgIpc) is 2.92. The quantitative estimate of drug-likeness (QED) is 0.391. The predicted molar refractivity (Wildman–Crippen MR) is 126 cm³/mol. The minimum atomic E-state index is -5.19. The molecule has 0 spiro atoms. The first-order valence-electron chi connectivity index (χ1n) is 11.8. The highest BCUT2D eigenvalue weighted by molar-refractivity contribution is 5.93. The molecule has 0 bridgehead atoms. The number of carbonyl (C=O) groups is 4. The SMILES string of the molecule is CC(C)(C)CC(NC(=O)C(NC(=O)C(F)(F)F)C(C)(C)C)C(=O)NC(C#N)CC1CC(C)(C)NC1=O. The second-order valence-electron chi connectivity index (χ2n) is 12.3. The van der Waals surface area contributed by atoms with Gasteiger partial charge in [-0.3, -0.25) is 19.2 Å². The van der Waals surface area contributed by atoms with E-state index in [-0.39, 0.29) is 18.7 Å². The third kappa shape index (κ3) is 9.66. The van der Waals surface area contributed by atoms with Crippen molar-refractivity contribution in [1.29, 1.82) is 5.26 Å². The molecule has 204 valence electrons. The van der Waals surface area contributed by atoms with Crippen molar-refractivity contribution in [2.45, 2.75) is 104 Å². The summed E-state index contributed by atoms with van der Waals surface area (Å²) in [6.45, 7) is 13.5. The number of amides is 4. The van der Waals surface area contributed by atoms with Gasteiger partial charge in [0.05, 0.1) is 6.07 Å². The van der Waals surface area contributed by atoms with Crippen LogP contribution in [0.25, 0.3) is 0 Å². The fourth-order valence-electron chi connectivity index (χ4n) is 4.05. The summed E-state index contributed by atoms with van der Waals surface area (Å²) in [6.07, 6.45) is -4.54. The molecule has 4 unspecified atom stereocenters. The van der Waals surface area contributed by atoms with Gasteiger partial charge in [0.15, 0.2) is 0 Å². The number of alkyl halides is 3. The number of carbonyl (C=O) groups excluding carboxylic acids is 4. The first kappa shape index (κ1) is 31.2. The summed E-state index contributed by atoms with van der Waals surface area (Å²) in [4.78, 5) is 49.9. The Balaban J connectivity index is 3.07. The molecule has 1 aliphatic heterocycles. The van der Waals surface area contributed by atoms with Crippen molar-refractivity contribution in [3.63, 3.8) is 0 Å². The molecular weight excluding hydrogens is 479 g/mol. The van der Waals surface area contributed by atoms with E-state index in [4.69, 9.17) is 0 Å². The van der Waals surface area contributed by atoms with Crippen molar-refractivity contribution in [2.75, 3.05) is 0 Å². The summed E-state index contributed by atoms with van der Waals surface area (Å²) < 4.78 is 38.5. The van der Waals surface area contributed by atoms with Gasteiger partial charge in [0, 0.05) is 11.5 Å². The van der Waals surface area contributed by atoms with Gasteiger partial charge in [-0.2, -0.15) is 18.4 Å². The van der Waals surface area contributed by atoms with E-state index in [1.807, 2.05) is 19.9 Å². The molecule has 1 heterocycles. The fourth-order valence-corrected chi connectivity index (χ4v) is 4.05. The number of hydrogen-bond donors (Lipinski definition) is 4. The van der Waals surface area contributed by atoms with E-state index in [0.717, 1.165) is 0 Å². The van der Waals surface area contributed by atoms with Gasteiger partial charge in [0.1, 0.15) is 18.1 Å². The Labute approximate surface area is 210 Å². The highest BCUT2D eigenvalue weighted by atomic mass is 19.4. The van der Waals surface area contributed by atoms with Gasteiger partial charge in [0.2, 0.25) is 17.7 Å². The van der Waals surface area contributed by atoms with Crippen molar-refractivity contribution < 1.29 is 32.3 Å². The van der Waals surface area contributed by atoms with Crippen molar-refractivity contribution in [2.24, 2.45) is 16.7 Å². The number of rotatable bonds is 8. The molecule has 1 saturated heterocycles. The lowest BCUT2D eigenvalue weighted by Gasteiger charge is -2.33. The van der Waals surface area contributed by atoms with Crippen molar-refractivity contribution in [3.05, 3.63) is 0 Å². The molecule has 9 nitrogen and oxygen atoms in total. The number of nitrogens with zero attached hydrogens (tertiary/aromatic N) is 1. The number of hydrogen-bond acceptors (Lipinski definition) is 5. The maximum absolute atomic E-state index is 13.1. The summed E-state index contributed by atoms with van der Waals surface area (Å²) in [7, 11) is 0. The highest BCUT2D eigenvalue weighted by Gasteiger charge is 2.44. The van der Waals surface area contributed by atoms with E-state index >= 15 is 0 Å². The molecule has 4 amide bonds. The van der Waals surface area contributed by atoms with E-state index in [0.29, 0.717) is 6.42 Å². The third-order valence-corrected chi connectivity index (χ3v) is 5.69. The molecular formula is C24H38F3N5O4. The van der Waals surface area contributed by atoms with Crippen LogP contribution in [0.3, 0.4) is 0 Å². The van der Waals surface area contributed by atoms with Gasteiger partial charge in [-0.05, 0) is 43.9 Å². The van der Waals surface area contributed by atoms with Gasteiger partial charge >= 0.3 is 12.1 Å². The molecule has 0 aromatic carbocycles. The first-order chi connectivity index (χ1) is 16.1. The van der Waals surface area contributed by atoms with Crippen LogP contribution in [0.1, 0.15) is 74.7 Å². The van der Waals surface area contributed by atoms with Gasteiger partial charge in [-0.15, -0.1) is 0 Å². The maximum atomic E-state index is 13.1. The molecule has 4 N–H and O–H groups in total. The van der Waals surface area contributed by atoms with Crippen LogP contribution in [0.15, 0.2) is 0 Å². The smallest absolute Gasteiger partial charge is 0.351 e. The van der Waals surface area contributed by atoms with Crippen molar-refractivity contribution >= 4 is 23.6 Å². The molecule has 1 rings (SSSR count). The molecule has 0 aromatic rings. The van der Waals surface area contributed by atoms with Crippen LogP contribution < -0.4 is 21.3 Å². The minimum absolute atomic E-state index is 0.0694. The molecule has 36 heavy (non-hydrogen) atoms. The summed E-state index contributed by atoms with van der Waals surface area (Å²) in [5.41, 5.74) is -2.03. The zero-order valence-corrected chi connectivity index (χ0v) is 22.1. The second-order valence-corrected chi connectivity index (χ2v) is 12.3. The van der Waals surface area contributed by atoms with Gasteiger partial charge in [-0.25, -0.2) is 0 Å². The molecule has 0 aliphatic carbocycles. The Morgan fingerprint density at radius 2 is 1.61 bits per heavy atom. The molecule has 1 aliphatic rings. The summed E-state index contributed by atoms with van der Waals surface area (Å²) in [5, 5.41) is 19.1. The third-order valence-electron chi connectivity index (χ3n) is 5.69. The zero-order chi connectivity index (χ0) is 28.3. The average molecular weight is 518 g/mol. The van der Waals surface area contributed by atoms with Crippen LogP contribution in [0.2, 0.25) is 0 Å². The summed E-state index contributed by atoms with van der Waals surface area (Å²) >= 11 is 0. The lowest BCUT2D eigenvalue weighted by Crippen LogP contribution is -2.60. The number of nitriles is 1.